The van der Waals surface area contributed by atoms with Gasteiger partial charge in [0.25, 0.3) is 0 Å². The Hall–Kier alpha value is -5.32. The summed E-state index contributed by atoms with van der Waals surface area (Å²) < 4.78 is 48.1. The Labute approximate surface area is 372 Å². The van der Waals surface area contributed by atoms with E-state index in [1.54, 1.807) is 0 Å². The Bertz CT molecular complexity index is 2260. The lowest BCUT2D eigenvalue weighted by molar-refractivity contribution is -0.0451. The summed E-state index contributed by atoms with van der Waals surface area (Å²) >= 11 is 0. The summed E-state index contributed by atoms with van der Waals surface area (Å²) in [6.45, 7) is 12.7. The molecule has 8 heteroatoms. The smallest absolute Gasteiger partial charge is 0.127 e. The molecule has 0 N–H and O–H groups in total. The van der Waals surface area contributed by atoms with Gasteiger partial charge in [0.1, 0.15) is 36.9 Å². The maximum Gasteiger partial charge on any atom is 0.127 e. The number of hydrogen-bond acceptors (Lipinski definition) is 8. The third-order valence-electron chi connectivity index (χ3n) is 12.1. The third kappa shape index (κ3) is 9.92. The van der Waals surface area contributed by atoms with Crippen molar-refractivity contribution in [2.24, 2.45) is 0 Å². The lowest BCUT2D eigenvalue weighted by Gasteiger charge is -2.35. The van der Waals surface area contributed by atoms with E-state index >= 15 is 0 Å². The van der Waals surface area contributed by atoms with Crippen molar-refractivity contribution >= 4 is 0 Å². The van der Waals surface area contributed by atoms with Gasteiger partial charge in [-0.25, -0.2) is 0 Å². The minimum atomic E-state index is -0.673. The molecule has 6 unspecified atom stereocenters. The molecular weight excluding hydrogens is 789 g/mol. The Kier molecular flexibility index (Phi) is 13.4. The van der Waals surface area contributed by atoms with Crippen LogP contribution in [0, 0.1) is 0 Å². The van der Waals surface area contributed by atoms with E-state index in [9.17, 15) is 0 Å². The quantitative estimate of drug-likeness (QED) is 0.0624. The average Bonchev–Trinajstić information content (AvgIpc) is 4.29. The standard InChI is InChI=1S/C55H58O8/c1-37(58-33-45-35-60-45)29-56-39(3)31-62-53-25-23-43(27-49(53)41-15-7-5-8-16-41)55(51-21-13-11-19-47(51)48-20-12-14-22-52(48)55)44-24-26-54(50(28-44)42-17-9-6-10-18-42)63-32-40(4)57-30-38(2)59-34-46-36-61-46/h5-28,37-40,45-46H,29-36H2,1-4H3. The Morgan fingerprint density at radius 1 is 0.444 bits per heavy atom. The first-order valence-electron chi connectivity index (χ1n) is 22.4. The van der Waals surface area contributed by atoms with Gasteiger partial charge in [-0.3, -0.25) is 0 Å². The summed E-state index contributed by atoms with van der Waals surface area (Å²) in [5.74, 6) is 1.60. The van der Waals surface area contributed by atoms with Crippen LogP contribution in [0.2, 0.25) is 0 Å². The second kappa shape index (κ2) is 19.6. The van der Waals surface area contributed by atoms with Gasteiger partial charge in [-0.2, -0.15) is 0 Å². The number of ether oxygens (including phenoxy) is 8. The second-order valence-corrected chi connectivity index (χ2v) is 17.1. The van der Waals surface area contributed by atoms with E-state index in [0.717, 1.165) is 58.1 Å². The van der Waals surface area contributed by atoms with Crippen molar-refractivity contribution in [2.75, 3.05) is 52.9 Å². The number of rotatable bonds is 22. The molecule has 0 amide bonds. The van der Waals surface area contributed by atoms with Gasteiger partial charge >= 0.3 is 0 Å². The number of benzene rings is 6. The molecule has 2 aliphatic heterocycles. The van der Waals surface area contributed by atoms with Crippen LogP contribution >= 0.6 is 0 Å². The Morgan fingerprint density at radius 2 is 0.825 bits per heavy atom. The summed E-state index contributed by atoms with van der Waals surface area (Å²) in [6.07, 6.45) is 0.102. The van der Waals surface area contributed by atoms with E-state index in [1.807, 2.05) is 27.7 Å². The molecule has 6 atom stereocenters. The van der Waals surface area contributed by atoms with E-state index in [2.05, 4.69) is 146 Å². The van der Waals surface area contributed by atoms with Crippen molar-refractivity contribution in [3.05, 3.63) is 168 Å². The summed E-state index contributed by atoms with van der Waals surface area (Å²) in [4.78, 5) is 0. The van der Waals surface area contributed by atoms with Crippen molar-refractivity contribution in [1.29, 1.82) is 0 Å². The van der Waals surface area contributed by atoms with E-state index in [1.165, 1.54) is 22.3 Å². The van der Waals surface area contributed by atoms with Crippen LogP contribution in [0.4, 0.5) is 0 Å². The van der Waals surface area contributed by atoms with Crippen LogP contribution in [0.3, 0.4) is 0 Å². The zero-order chi connectivity index (χ0) is 43.2. The van der Waals surface area contributed by atoms with Crippen molar-refractivity contribution in [1.82, 2.24) is 0 Å². The Balaban J connectivity index is 1.07. The zero-order valence-corrected chi connectivity index (χ0v) is 36.7. The van der Waals surface area contributed by atoms with Gasteiger partial charge in [0.15, 0.2) is 0 Å². The lowest BCUT2D eigenvalue weighted by atomic mass is 9.67. The summed E-state index contributed by atoms with van der Waals surface area (Å²) in [5, 5.41) is 0. The van der Waals surface area contributed by atoms with E-state index in [-0.39, 0.29) is 36.6 Å². The van der Waals surface area contributed by atoms with Crippen molar-refractivity contribution in [3.8, 4) is 44.9 Å². The molecule has 6 aromatic rings. The number of hydrogen-bond donors (Lipinski definition) is 0. The minimum absolute atomic E-state index is 0.0308. The molecule has 2 heterocycles. The van der Waals surface area contributed by atoms with Gasteiger partial charge in [-0.1, -0.05) is 121 Å². The number of fused-ring (bicyclic) bond motifs is 3. The molecule has 0 bridgehead atoms. The van der Waals surface area contributed by atoms with Crippen molar-refractivity contribution in [2.45, 2.75) is 69.7 Å². The van der Waals surface area contributed by atoms with Gasteiger partial charge in [-0.05, 0) is 96.5 Å². The predicted octanol–water partition coefficient (Wildman–Crippen LogP) is 10.6. The monoisotopic (exact) mass is 846 g/mol. The maximum atomic E-state index is 6.66. The largest absolute Gasteiger partial charge is 0.490 e. The van der Waals surface area contributed by atoms with Crippen LogP contribution < -0.4 is 9.47 Å². The van der Waals surface area contributed by atoms with Crippen LogP contribution in [0.15, 0.2) is 146 Å². The first kappa shape index (κ1) is 43.0. The van der Waals surface area contributed by atoms with Crippen LogP contribution in [0.25, 0.3) is 33.4 Å². The van der Waals surface area contributed by atoms with Crippen LogP contribution in [-0.2, 0) is 33.8 Å². The first-order valence-corrected chi connectivity index (χ1v) is 22.4. The lowest BCUT2D eigenvalue weighted by Crippen LogP contribution is -2.29. The normalized spacial score (nSPS) is 18.7. The highest BCUT2D eigenvalue weighted by atomic mass is 16.6. The SMILES string of the molecule is CC(COc1ccc(C2(c3ccc(OCC(C)OCC(C)OCC4CO4)c(-c4ccccc4)c3)c3ccccc3-c3ccccc32)cc1-c1ccccc1)OCC(C)OCC1CO1. The molecule has 9 rings (SSSR count). The molecule has 3 aliphatic rings. The van der Waals surface area contributed by atoms with E-state index < -0.39 is 5.41 Å². The second-order valence-electron chi connectivity index (χ2n) is 17.1. The predicted molar refractivity (Wildman–Crippen MR) is 247 cm³/mol. The zero-order valence-electron chi connectivity index (χ0n) is 36.7. The highest BCUT2D eigenvalue weighted by Crippen LogP contribution is 2.57. The van der Waals surface area contributed by atoms with Gasteiger partial charge in [-0.15, -0.1) is 0 Å². The maximum absolute atomic E-state index is 6.66. The molecule has 2 fully saturated rings. The fraction of sp³-hybridized carbons (Fsp3) is 0.345. The van der Waals surface area contributed by atoms with Gasteiger partial charge in [0, 0.05) is 11.1 Å². The van der Waals surface area contributed by atoms with Crippen LogP contribution in [-0.4, -0.2) is 89.5 Å². The highest BCUT2D eigenvalue weighted by molar-refractivity contribution is 5.88. The summed E-state index contributed by atoms with van der Waals surface area (Å²) in [6, 6.07) is 52.1. The molecule has 2 saturated heterocycles. The molecule has 8 nitrogen and oxygen atoms in total. The summed E-state index contributed by atoms with van der Waals surface area (Å²) in [5.41, 5.74) is 10.7. The van der Waals surface area contributed by atoms with Crippen LogP contribution in [0.5, 0.6) is 11.5 Å². The topological polar surface area (TPSA) is 80.4 Å². The Morgan fingerprint density at radius 3 is 1.24 bits per heavy atom. The molecule has 0 saturated carbocycles. The highest BCUT2D eigenvalue weighted by Gasteiger charge is 2.46. The number of epoxide rings is 2. The average molecular weight is 847 g/mol. The minimum Gasteiger partial charge on any atom is -0.490 e. The molecule has 6 aromatic carbocycles. The van der Waals surface area contributed by atoms with Gasteiger partial charge < -0.3 is 37.9 Å². The summed E-state index contributed by atoms with van der Waals surface area (Å²) in [7, 11) is 0. The molecular formula is C55H58O8. The third-order valence-corrected chi connectivity index (χ3v) is 12.1. The molecule has 1 aliphatic carbocycles. The van der Waals surface area contributed by atoms with Crippen LogP contribution in [0.1, 0.15) is 49.9 Å². The van der Waals surface area contributed by atoms with Crippen molar-refractivity contribution < 1.29 is 37.9 Å². The molecule has 0 radical (unpaired) electrons. The first-order chi connectivity index (χ1) is 30.9. The van der Waals surface area contributed by atoms with Gasteiger partial charge in [0.2, 0.25) is 0 Å². The van der Waals surface area contributed by atoms with E-state index in [0.29, 0.717) is 39.6 Å². The fourth-order valence-corrected chi connectivity index (χ4v) is 8.57. The molecule has 0 aromatic heterocycles. The fourth-order valence-electron chi connectivity index (χ4n) is 8.57. The molecule has 63 heavy (non-hydrogen) atoms. The molecule has 0 spiro atoms. The van der Waals surface area contributed by atoms with Gasteiger partial charge in [0.05, 0.1) is 69.5 Å². The van der Waals surface area contributed by atoms with Crippen molar-refractivity contribution in [3.63, 3.8) is 0 Å². The molecule has 326 valence electrons. The van der Waals surface area contributed by atoms with E-state index in [4.69, 9.17) is 37.9 Å².